The molecule has 2 heteroatoms. The van der Waals surface area contributed by atoms with E-state index in [1.807, 2.05) is 0 Å². The smallest absolute Gasteiger partial charge is 0.0366 e. The fraction of sp³-hybridized carbons (Fsp3) is 0.600. The van der Waals surface area contributed by atoms with E-state index in [2.05, 4.69) is 55.4 Å². The number of nitrogens with one attached hydrogen (secondary N) is 1. The standard InChI is InChI=1S/C15H24N2/c1-12(2)16-11-13-7-9-15(10-8-13)17(3)14-5-4-6-14/h7-10,12,14,16H,4-6,11H2,1-3H3. The van der Waals surface area contributed by atoms with Gasteiger partial charge in [-0.2, -0.15) is 0 Å². The summed E-state index contributed by atoms with van der Waals surface area (Å²) in [4.78, 5) is 2.42. The Morgan fingerprint density at radius 1 is 1.24 bits per heavy atom. The lowest BCUT2D eigenvalue weighted by atomic mass is 9.91. The highest BCUT2D eigenvalue weighted by molar-refractivity contribution is 5.48. The van der Waals surface area contributed by atoms with Gasteiger partial charge >= 0.3 is 0 Å². The fourth-order valence-corrected chi connectivity index (χ4v) is 2.16. The number of anilines is 1. The zero-order valence-electron chi connectivity index (χ0n) is 11.2. The minimum atomic E-state index is 0.548. The van der Waals surface area contributed by atoms with Crippen molar-refractivity contribution in [3.63, 3.8) is 0 Å². The van der Waals surface area contributed by atoms with Crippen LogP contribution in [0.2, 0.25) is 0 Å². The van der Waals surface area contributed by atoms with Gasteiger partial charge in [0.25, 0.3) is 0 Å². The largest absolute Gasteiger partial charge is 0.372 e. The van der Waals surface area contributed by atoms with Gasteiger partial charge in [-0.15, -0.1) is 0 Å². The molecule has 2 nitrogen and oxygen atoms in total. The van der Waals surface area contributed by atoms with Gasteiger partial charge in [-0.1, -0.05) is 26.0 Å². The number of hydrogen-bond acceptors (Lipinski definition) is 2. The minimum absolute atomic E-state index is 0.548. The summed E-state index contributed by atoms with van der Waals surface area (Å²) >= 11 is 0. The highest BCUT2D eigenvalue weighted by Gasteiger charge is 2.21. The van der Waals surface area contributed by atoms with E-state index < -0.39 is 0 Å². The van der Waals surface area contributed by atoms with Gasteiger partial charge in [-0.3, -0.25) is 0 Å². The molecule has 0 unspecified atom stereocenters. The monoisotopic (exact) mass is 232 g/mol. The van der Waals surface area contributed by atoms with Crippen molar-refractivity contribution in [2.24, 2.45) is 0 Å². The maximum absolute atomic E-state index is 3.44. The predicted octanol–water partition coefficient (Wildman–Crippen LogP) is 3.17. The molecule has 1 aliphatic rings. The van der Waals surface area contributed by atoms with Gasteiger partial charge in [0.15, 0.2) is 0 Å². The topological polar surface area (TPSA) is 15.3 Å². The lowest BCUT2D eigenvalue weighted by molar-refractivity contribution is 0.401. The van der Waals surface area contributed by atoms with Crippen LogP contribution in [0, 0.1) is 0 Å². The van der Waals surface area contributed by atoms with Crippen molar-refractivity contribution in [1.29, 1.82) is 0 Å². The molecule has 0 spiro atoms. The average Bonchev–Trinajstić information content (AvgIpc) is 2.24. The summed E-state index contributed by atoms with van der Waals surface area (Å²) < 4.78 is 0. The molecular formula is C15H24N2. The van der Waals surface area contributed by atoms with Gasteiger partial charge in [0.05, 0.1) is 0 Å². The molecule has 0 atom stereocenters. The number of nitrogens with zero attached hydrogens (tertiary/aromatic N) is 1. The molecule has 0 saturated heterocycles. The van der Waals surface area contributed by atoms with Crippen LogP contribution in [0.15, 0.2) is 24.3 Å². The van der Waals surface area contributed by atoms with Gasteiger partial charge in [0, 0.05) is 31.4 Å². The lowest BCUT2D eigenvalue weighted by Crippen LogP contribution is -2.37. The van der Waals surface area contributed by atoms with Crippen molar-refractivity contribution >= 4 is 5.69 Å². The van der Waals surface area contributed by atoms with Gasteiger partial charge in [0.2, 0.25) is 0 Å². The van der Waals surface area contributed by atoms with E-state index in [9.17, 15) is 0 Å². The van der Waals surface area contributed by atoms with E-state index in [1.54, 1.807) is 0 Å². The van der Waals surface area contributed by atoms with E-state index >= 15 is 0 Å². The van der Waals surface area contributed by atoms with Crippen molar-refractivity contribution in [3.8, 4) is 0 Å². The minimum Gasteiger partial charge on any atom is -0.372 e. The third-order valence-electron chi connectivity index (χ3n) is 3.68. The van der Waals surface area contributed by atoms with Gasteiger partial charge in [0.1, 0.15) is 0 Å². The second-order valence-electron chi connectivity index (χ2n) is 5.40. The third kappa shape index (κ3) is 3.22. The molecule has 0 heterocycles. The van der Waals surface area contributed by atoms with E-state index in [0.717, 1.165) is 12.6 Å². The lowest BCUT2D eigenvalue weighted by Gasteiger charge is -2.36. The Labute approximate surface area is 105 Å². The molecule has 0 amide bonds. The first-order valence-electron chi connectivity index (χ1n) is 6.72. The first kappa shape index (κ1) is 12.4. The average molecular weight is 232 g/mol. The van der Waals surface area contributed by atoms with Crippen molar-refractivity contribution in [1.82, 2.24) is 5.32 Å². The summed E-state index contributed by atoms with van der Waals surface area (Å²) in [6.45, 7) is 5.32. The van der Waals surface area contributed by atoms with Crippen LogP contribution in [0.3, 0.4) is 0 Å². The first-order chi connectivity index (χ1) is 8.16. The Hall–Kier alpha value is -1.02. The summed E-state index contributed by atoms with van der Waals surface area (Å²) in [5, 5.41) is 3.44. The second-order valence-corrected chi connectivity index (χ2v) is 5.40. The quantitative estimate of drug-likeness (QED) is 0.839. The molecule has 2 rings (SSSR count). The van der Waals surface area contributed by atoms with Crippen LogP contribution in [-0.2, 0) is 6.54 Å². The highest BCUT2D eigenvalue weighted by atomic mass is 15.1. The number of benzene rings is 1. The summed E-state index contributed by atoms with van der Waals surface area (Å²) in [6.07, 6.45) is 4.10. The maximum atomic E-state index is 3.44. The molecule has 0 aromatic heterocycles. The summed E-state index contributed by atoms with van der Waals surface area (Å²) in [5.41, 5.74) is 2.72. The molecule has 1 N–H and O–H groups in total. The van der Waals surface area contributed by atoms with Crippen molar-refractivity contribution in [2.75, 3.05) is 11.9 Å². The number of rotatable bonds is 5. The molecule has 0 radical (unpaired) electrons. The van der Waals surface area contributed by atoms with Gasteiger partial charge < -0.3 is 10.2 Å². The molecule has 17 heavy (non-hydrogen) atoms. The van der Waals surface area contributed by atoms with Crippen LogP contribution in [0.1, 0.15) is 38.7 Å². The summed E-state index contributed by atoms with van der Waals surface area (Å²) in [5.74, 6) is 0. The summed E-state index contributed by atoms with van der Waals surface area (Å²) in [7, 11) is 2.21. The van der Waals surface area contributed by atoms with Crippen LogP contribution in [-0.4, -0.2) is 19.1 Å². The fourth-order valence-electron chi connectivity index (χ4n) is 2.16. The zero-order valence-corrected chi connectivity index (χ0v) is 11.2. The molecule has 1 saturated carbocycles. The number of hydrogen-bond donors (Lipinski definition) is 1. The SMILES string of the molecule is CC(C)NCc1ccc(N(C)C2CCC2)cc1. The molecule has 1 aromatic carbocycles. The van der Waals surface area contributed by atoms with Crippen LogP contribution in [0.4, 0.5) is 5.69 Å². The Bertz CT molecular complexity index is 338. The molecule has 94 valence electrons. The molecule has 0 aliphatic heterocycles. The highest BCUT2D eigenvalue weighted by Crippen LogP contribution is 2.28. The molecule has 1 fully saturated rings. The Morgan fingerprint density at radius 2 is 1.88 bits per heavy atom. The Balaban J connectivity index is 1.92. The third-order valence-corrected chi connectivity index (χ3v) is 3.68. The Kier molecular flexibility index (Phi) is 4.06. The van der Waals surface area contributed by atoms with Gasteiger partial charge in [-0.25, -0.2) is 0 Å². The van der Waals surface area contributed by atoms with Gasteiger partial charge in [-0.05, 0) is 37.0 Å². The zero-order chi connectivity index (χ0) is 12.3. The molecular weight excluding hydrogens is 208 g/mol. The normalized spacial score (nSPS) is 16.0. The molecule has 0 bridgehead atoms. The predicted molar refractivity (Wildman–Crippen MR) is 74.5 cm³/mol. The van der Waals surface area contributed by atoms with Crippen LogP contribution in [0.5, 0.6) is 0 Å². The van der Waals surface area contributed by atoms with E-state index in [1.165, 1.54) is 30.5 Å². The van der Waals surface area contributed by atoms with E-state index in [-0.39, 0.29) is 0 Å². The maximum Gasteiger partial charge on any atom is 0.0366 e. The first-order valence-corrected chi connectivity index (χ1v) is 6.72. The summed E-state index contributed by atoms with van der Waals surface area (Å²) in [6, 6.07) is 10.3. The van der Waals surface area contributed by atoms with Crippen molar-refractivity contribution in [3.05, 3.63) is 29.8 Å². The van der Waals surface area contributed by atoms with Crippen molar-refractivity contribution in [2.45, 2.75) is 51.7 Å². The van der Waals surface area contributed by atoms with E-state index in [4.69, 9.17) is 0 Å². The Morgan fingerprint density at radius 3 is 2.35 bits per heavy atom. The van der Waals surface area contributed by atoms with Crippen LogP contribution >= 0.6 is 0 Å². The van der Waals surface area contributed by atoms with Crippen LogP contribution < -0.4 is 10.2 Å². The van der Waals surface area contributed by atoms with Crippen molar-refractivity contribution < 1.29 is 0 Å². The second kappa shape index (κ2) is 5.54. The molecule has 1 aromatic rings. The van der Waals surface area contributed by atoms with E-state index in [0.29, 0.717) is 6.04 Å². The van der Waals surface area contributed by atoms with Crippen LogP contribution in [0.25, 0.3) is 0 Å². The molecule has 1 aliphatic carbocycles.